The molecule has 0 spiro atoms. The Morgan fingerprint density at radius 2 is 1.92 bits per heavy atom. The second kappa shape index (κ2) is 5.43. The molecule has 1 N–H and O–H groups in total. The maximum absolute atomic E-state index is 4.17. The Hall–Kier alpha value is -0.300. The summed E-state index contributed by atoms with van der Waals surface area (Å²) in [7, 11) is 1.98. The van der Waals surface area contributed by atoms with Gasteiger partial charge in [-0.05, 0) is 24.8 Å². The van der Waals surface area contributed by atoms with E-state index in [0.29, 0.717) is 11.3 Å². The first-order valence-electron chi connectivity index (χ1n) is 5.25. The lowest BCUT2D eigenvalue weighted by Gasteiger charge is -2.32. The summed E-state index contributed by atoms with van der Waals surface area (Å²) in [5, 5.41) is 3.18. The highest BCUT2D eigenvalue weighted by molar-refractivity contribution is 5.06. The molecule has 0 bridgehead atoms. The fourth-order valence-corrected chi connectivity index (χ4v) is 1.89. The lowest BCUT2D eigenvalue weighted by atomic mass is 9.74. The molecule has 0 aliphatic heterocycles. The summed E-state index contributed by atoms with van der Waals surface area (Å²) >= 11 is 0. The fraction of sp³-hybridized carbons (Fsp3) is 0.833. The van der Waals surface area contributed by atoms with Gasteiger partial charge in [0.15, 0.2) is 0 Å². The average Bonchev–Trinajstić information content (AvgIpc) is 1.98. The van der Waals surface area contributed by atoms with Crippen LogP contribution in [0.25, 0.3) is 0 Å². The van der Waals surface area contributed by atoms with Gasteiger partial charge < -0.3 is 5.32 Å². The van der Waals surface area contributed by atoms with Crippen LogP contribution in [0, 0.1) is 11.3 Å². The Balaban J connectivity index is 4.33. The van der Waals surface area contributed by atoms with Crippen LogP contribution in [-0.2, 0) is 0 Å². The highest BCUT2D eigenvalue weighted by atomic mass is 14.8. The lowest BCUT2D eigenvalue weighted by Crippen LogP contribution is -2.26. The van der Waals surface area contributed by atoms with Crippen LogP contribution in [0.5, 0.6) is 0 Å². The van der Waals surface area contributed by atoms with Crippen LogP contribution in [0.1, 0.15) is 40.5 Å². The van der Waals surface area contributed by atoms with Gasteiger partial charge in [-0.25, -0.2) is 0 Å². The first kappa shape index (κ1) is 12.7. The van der Waals surface area contributed by atoms with Crippen molar-refractivity contribution in [3.8, 4) is 0 Å². The predicted octanol–water partition coefficient (Wildman–Crippen LogP) is 3.22. The molecule has 13 heavy (non-hydrogen) atoms. The van der Waals surface area contributed by atoms with Gasteiger partial charge in [0, 0.05) is 6.54 Å². The van der Waals surface area contributed by atoms with Gasteiger partial charge in [-0.15, -0.1) is 0 Å². The molecule has 0 saturated heterocycles. The molecule has 0 amide bonds. The smallest absolute Gasteiger partial charge is 0.0161 e. The van der Waals surface area contributed by atoms with Crippen LogP contribution in [-0.4, -0.2) is 13.6 Å². The Morgan fingerprint density at radius 3 is 2.23 bits per heavy atom. The summed E-state index contributed by atoms with van der Waals surface area (Å²) in [6, 6.07) is 0. The number of hydrogen-bond acceptors (Lipinski definition) is 1. The van der Waals surface area contributed by atoms with Gasteiger partial charge in [0.2, 0.25) is 0 Å². The molecule has 0 radical (unpaired) electrons. The maximum atomic E-state index is 4.17. The monoisotopic (exact) mass is 183 g/mol. The summed E-state index contributed by atoms with van der Waals surface area (Å²) in [4.78, 5) is 0. The quantitative estimate of drug-likeness (QED) is 0.645. The molecule has 0 aliphatic carbocycles. The average molecular weight is 183 g/mol. The molecule has 0 fully saturated rings. The third-order valence-corrected chi connectivity index (χ3v) is 2.52. The molecule has 0 saturated carbocycles. The number of nitrogens with one attached hydrogen (secondary N) is 1. The molecule has 78 valence electrons. The zero-order valence-corrected chi connectivity index (χ0v) is 9.91. The van der Waals surface area contributed by atoms with Crippen molar-refractivity contribution in [1.82, 2.24) is 5.32 Å². The summed E-state index contributed by atoms with van der Waals surface area (Å²) in [6.07, 6.45) is 2.49. The molecule has 1 atom stereocenters. The first-order chi connectivity index (χ1) is 5.93. The molecule has 0 aliphatic rings. The van der Waals surface area contributed by atoms with Gasteiger partial charge in [0.25, 0.3) is 0 Å². The molecule has 0 aromatic heterocycles. The second-order valence-corrected chi connectivity index (χ2v) is 4.90. The van der Waals surface area contributed by atoms with E-state index in [1.807, 2.05) is 7.05 Å². The summed E-state index contributed by atoms with van der Waals surface area (Å²) < 4.78 is 0. The lowest BCUT2D eigenvalue weighted by molar-refractivity contribution is 0.259. The Labute approximate surface area is 83.6 Å². The van der Waals surface area contributed by atoms with Gasteiger partial charge in [-0.2, -0.15) is 0 Å². The van der Waals surface area contributed by atoms with Crippen LogP contribution in [0.15, 0.2) is 12.2 Å². The molecule has 1 heteroatoms. The Morgan fingerprint density at radius 1 is 1.38 bits per heavy atom. The largest absolute Gasteiger partial charge is 0.316 e. The van der Waals surface area contributed by atoms with Crippen LogP contribution in [0.4, 0.5) is 0 Å². The molecule has 1 unspecified atom stereocenters. The first-order valence-corrected chi connectivity index (χ1v) is 5.25. The van der Waals surface area contributed by atoms with Gasteiger partial charge in [0.1, 0.15) is 0 Å². The van der Waals surface area contributed by atoms with E-state index < -0.39 is 0 Å². The van der Waals surface area contributed by atoms with Crippen molar-refractivity contribution < 1.29 is 0 Å². The molecular weight excluding hydrogens is 158 g/mol. The van der Waals surface area contributed by atoms with Crippen molar-refractivity contribution >= 4 is 0 Å². The zero-order valence-electron chi connectivity index (χ0n) is 9.91. The van der Waals surface area contributed by atoms with Crippen molar-refractivity contribution in [3.63, 3.8) is 0 Å². The summed E-state index contributed by atoms with van der Waals surface area (Å²) in [6.45, 7) is 14.3. The normalized spacial score (nSPS) is 14.2. The van der Waals surface area contributed by atoms with E-state index in [2.05, 4.69) is 39.6 Å². The highest BCUT2D eigenvalue weighted by Gasteiger charge is 2.25. The molecular formula is C12H25N. The van der Waals surface area contributed by atoms with E-state index in [0.717, 1.165) is 6.54 Å². The topological polar surface area (TPSA) is 12.0 Å². The minimum atomic E-state index is 0.351. The molecule has 1 nitrogen and oxygen atoms in total. The fourth-order valence-electron chi connectivity index (χ4n) is 1.89. The predicted molar refractivity (Wildman–Crippen MR) is 60.9 cm³/mol. The van der Waals surface area contributed by atoms with E-state index >= 15 is 0 Å². The third kappa shape index (κ3) is 4.47. The number of likely N-dealkylation sites (N-methyl/N-ethyl adjacent to an activating group) is 1. The maximum Gasteiger partial charge on any atom is 0.0161 e. The minimum Gasteiger partial charge on any atom is -0.316 e. The van der Waals surface area contributed by atoms with Crippen LogP contribution in [0.2, 0.25) is 0 Å². The SMILES string of the molecule is C=C(CNC)C(CCC)C(C)(C)C. The zero-order chi connectivity index (χ0) is 10.5. The van der Waals surface area contributed by atoms with E-state index in [-0.39, 0.29) is 0 Å². The molecule has 0 rings (SSSR count). The van der Waals surface area contributed by atoms with Crippen LogP contribution in [0.3, 0.4) is 0 Å². The Kier molecular flexibility index (Phi) is 5.31. The van der Waals surface area contributed by atoms with Crippen molar-refractivity contribution in [2.75, 3.05) is 13.6 Å². The minimum absolute atomic E-state index is 0.351. The van der Waals surface area contributed by atoms with E-state index in [9.17, 15) is 0 Å². The number of hydrogen-bond donors (Lipinski definition) is 1. The van der Waals surface area contributed by atoms with Crippen molar-refractivity contribution in [3.05, 3.63) is 12.2 Å². The standard InChI is InChI=1S/C12H25N/c1-7-8-11(12(3,4)5)10(2)9-13-6/h11,13H,2,7-9H2,1,3-6H3. The Bertz CT molecular complexity index is 153. The van der Waals surface area contributed by atoms with Crippen molar-refractivity contribution in [1.29, 1.82) is 0 Å². The van der Waals surface area contributed by atoms with Gasteiger partial charge in [-0.1, -0.05) is 46.3 Å². The molecule has 0 heterocycles. The number of rotatable bonds is 5. The van der Waals surface area contributed by atoms with Gasteiger partial charge in [0.05, 0.1) is 0 Å². The highest BCUT2D eigenvalue weighted by Crippen LogP contribution is 2.34. The van der Waals surface area contributed by atoms with Crippen LogP contribution < -0.4 is 5.32 Å². The summed E-state index contributed by atoms with van der Waals surface area (Å²) in [5.74, 6) is 0.643. The van der Waals surface area contributed by atoms with Crippen LogP contribution >= 0.6 is 0 Å². The van der Waals surface area contributed by atoms with E-state index in [1.54, 1.807) is 0 Å². The van der Waals surface area contributed by atoms with E-state index in [4.69, 9.17) is 0 Å². The van der Waals surface area contributed by atoms with Gasteiger partial charge >= 0.3 is 0 Å². The second-order valence-electron chi connectivity index (χ2n) is 4.90. The van der Waals surface area contributed by atoms with Crippen molar-refractivity contribution in [2.24, 2.45) is 11.3 Å². The third-order valence-electron chi connectivity index (χ3n) is 2.52. The summed E-state index contributed by atoms with van der Waals surface area (Å²) in [5.41, 5.74) is 1.70. The van der Waals surface area contributed by atoms with Gasteiger partial charge in [-0.3, -0.25) is 0 Å². The van der Waals surface area contributed by atoms with Crippen molar-refractivity contribution in [2.45, 2.75) is 40.5 Å². The molecule has 0 aromatic rings. The van der Waals surface area contributed by atoms with E-state index in [1.165, 1.54) is 18.4 Å². The molecule has 0 aromatic carbocycles.